The van der Waals surface area contributed by atoms with Gasteiger partial charge in [0.1, 0.15) is 10.7 Å². The van der Waals surface area contributed by atoms with E-state index < -0.39 is 9.84 Å². The van der Waals surface area contributed by atoms with Crippen LogP contribution in [0.2, 0.25) is 0 Å². The third kappa shape index (κ3) is 3.73. The van der Waals surface area contributed by atoms with E-state index in [-0.39, 0.29) is 15.6 Å². The molecule has 0 radical (unpaired) electrons. The van der Waals surface area contributed by atoms with E-state index in [4.69, 9.17) is 0 Å². The van der Waals surface area contributed by atoms with Crippen molar-refractivity contribution in [2.24, 2.45) is 5.92 Å². The SMILES string of the molecule is Cc1cc(C)cc(S(=O)(=O)c2cnc3cc(F)ccc3c2N2CCC(C)CC2)c1. The molecule has 0 amide bonds. The Morgan fingerprint density at radius 1 is 1.03 bits per heavy atom. The van der Waals surface area contributed by atoms with Gasteiger partial charge in [0, 0.05) is 30.7 Å². The Labute approximate surface area is 171 Å². The Balaban J connectivity index is 1.96. The van der Waals surface area contributed by atoms with Crippen LogP contribution in [-0.2, 0) is 9.84 Å². The second-order valence-corrected chi connectivity index (χ2v) is 10.0. The topological polar surface area (TPSA) is 50.3 Å². The summed E-state index contributed by atoms with van der Waals surface area (Å²) in [4.78, 5) is 6.89. The van der Waals surface area contributed by atoms with Crippen LogP contribution >= 0.6 is 0 Å². The number of nitrogens with zero attached hydrogens (tertiary/aromatic N) is 2. The number of pyridine rings is 1. The molecule has 2 aromatic carbocycles. The summed E-state index contributed by atoms with van der Waals surface area (Å²) >= 11 is 0. The molecule has 2 heterocycles. The van der Waals surface area contributed by atoms with E-state index in [2.05, 4.69) is 16.8 Å². The van der Waals surface area contributed by atoms with Crippen molar-refractivity contribution in [3.05, 3.63) is 59.5 Å². The van der Waals surface area contributed by atoms with Crippen molar-refractivity contribution in [1.29, 1.82) is 0 Å². The van der Waals surface area contributed by atoms with Gasteiger partial charge in [0.15, 0.2) is 0 Å². The first kappa shape index (κ1) is 19.8. The van der Waals surface area contributed by atoms with E-state index in [1.54, 1.807) is 18.2 Å². The zero-order chi connectivity index (χ0) is 20.8. The molecule has 29 heavy (non-hydrogen) atoms. The maximum atomic E-state index is 13.8. The molecule has 0 spiro atoms. The average molecular weight is 413 g/mol. The van der Waals surface area contributed by atoms with E-state index >= 15 is 0 Å². The summed E-state index contributed by atoms with van der Waals surface area (Å²) in [6.07, 6.45) is 3.38. The molecule has 1 aliphatic heterocycles. The average Bonchev–Trinajstić information content (AvgIpc) is 2.67. The van der Waals surface area contributed by atoms with Crippen molar-refractivity contribution in [2.45, 2.75) is 43.4 Å². The predicted molar refractivity (Wildman–Crippen MR) is 114 cm³/mol. The highest BCUT2D eigenvalue weighted by Gasteiger charge is 2.29. The van der Waals surface area contributed by atoms with Crippen LogP contribution in [0.25, 0.3) is 10.9 Å². The molecule has 1 saturated heterocycles. The van der Waals surface area contributed by atoms with Crippen LogP contribution in [0.15, 0.2) is 52.4 Å². The third-order valence-electron chi connectivity index (χ3n) is 5.66. The minimum Gasteiger partial charge on any atom is -0.370 e. The first-order chi connectivity index (χ1) is 13.8. The Kier molecular flexibility index (Phi) is 5.07. The van der Waals surface area contributed by atoms with E-state index in [0.29, 0.717) is 22.5 Å². The lowest BCUT2D eigenvalue weighted by Crippen LogP contribution is -2.34. The van der Waals surface area contributed by atoms with E-state index in [0.717, 1.165) is 37.1 Å². The maximum Gasteiger partial charge on any atom is 0.210 e. The second kappa shape index (κ2) is 7.41. The van der Waals surface area contributed by atoms with E-state index in [9.17, 15) is 12.8 Å². The molecule has 4 nitrogen and oxygen atoms in total. The highest BCUT2D eigenvalue weighted by molar-refractivity contribution is 7.91. The molecular formula is C23H25FN2O2S. The van der Waals surface area contributed by atoms with Gasteiger partial charge in [-0.05, 0) is 68.0 Å². The van der Waals surface area contributed by atoms with Gasteiger partial charge in [-0.1, -0.05) is 13.0 Å². The zero-order valence-corrected chi connectivity index (χ0v) is 17.8. The number of benzene rings is 2. The molecule has 6 heteroatoms. The number of hydrogen-bond acceptors (Lipinski definition) is 4. The quantitative estimate of drug-likeness (QED) is 0.603. The fourth-order valence-electron chi connectivity index (χ4n) is 4.10. The molecule has 0 atom stereocenters. The van der Waals surface area contributed by atoms with Gasteiger partial charge >= 0.3 is 0 Å². The minimum absolute atomic E-state index is 0.191. The summed E-state index contributed by atoms with van der Waals surface area (Å²) in [6, 6.07) is 9.71. The number of hydrogen-bond donors (Lipinski definition) is 0. The van der Waals surface area contributed by atoms with Gasteiger partial charge in [0.25, 0.3) is 0 Å². The van der Waals surface area contributed by atoms with Crippen LogP contribution in [-0.4, -0.2) is 26.5 Å². The summed E-state index contributed by atoms with van der Waals surface area (Å²) in [5, 5.41) is 0.673. The monoisotopic (exact) mass is 412 g/mol. The number of anilines is 1. The smallest absolute Gasteiger partial charge is 0.210 e. The van der Waals surface area contributed by atoms with Gasteiger partial charge in [-0.15, -0.1) is 0 Å². The predicted octanol–water partition coefficient (Wildman–Crippen LogP) is 5.06. The van der Waals surface area contributed by atoms with Gasteiger partial charge in [-0.2, -0.15) is 0 Å². The first-order valence-electron chi connectivity index (χ1n) is 9.92. The molecule has 0 aliphatic carbocycles. The van der Waals surface area contributed by atoms with Crippen LogP contribution in [0, 0.1) is 25.6 Å². The Bertz CT molecular complexity index is 1160. The van der Waals surface area contributed by atoms with E-state index in [1.165, 1.54) is 18.3 Å². The molecule has 0 N–H and O–H groups in total. The van der Waals surface area contributed by atoms with Crippen molar-refractivity contribution in [3.8, 4) is 0 Å². The van der Waals surface area contributed by atoms with Gasteiger partial charge in [-0.3, -0.25) is 4.98 Å². The normalized spacial score (nSPS) is 15.8. The van der Waals surface area contributed by atoms with E-state index in [1.807, 2.05) is 19.9 Å². The number of aromatic nitrogens is 1. The minimum atomic E-state index is -3.78. The van der Waals surface area contributed by atoms with Crippen LogP contribution < -0.4 is 4.90 Å². The fraction of sp³-hybridized carbons (Fsp3) is 0.348. The Morgan fingerprint density at radius 2 is 1.69 bits per heavy atom. The molecule has 0 unspecified atom stereocenters. The molecule has 3 aromatic rings. The summed E-state index contributed by atoms with van der Waals surface area (Å²) in [5.74, 6) is 0.226. The Hall–Kier alpha value is -2.47. The number of fused-ring (bicyclic) bond motifs is 1. The van der Waals surface area contributed by atoms with Crippen LogP contribution in [0.3, 0.4) is 0 Å². The number of aryl methyl sites for hydroxylation is 2. The molecule has 1 aromatic heterocycles. The first-order valence-corrected chi connectivity index (χ1v) is 11.4. The lowest BCUT2D eigenvalue weighted by atomic mass is 9.98. The largest absolute Gasteiger partial charge is 0.370 e. The highest BCUT2D eigenvalue weighted by Crippen LogP contribution is 2.38. The lowest BCUT2D eigenvalue weighted by molar-refractivity contribution is 0.437. The van der Waals surface area contributed by atoms with Gasteiger partial charge in [-0.25, -0.2) is 12.8 Å². The molecule has 152 valence electrons. The van der Waals surface area contributed by atoms with Crippen LogP contribution in [0.1, 0.15) is 30.9 Å². The van der Waals surface area contributed by atoms with Crippen LogP contribution in [0.5, 0.6) is 0 Å². The summed E-state index contributed by atoms with van der Waals surface area (Å²) in [7, 11) is -3.78. The van der Waals surface area contributed by atoms with Crippen molar-refractivity contribution in [2.75, 3.05) is 18.0 Å². The van der Waals surface area contributed by atoms with Crippen molar-refractivity contribution >= 4 is 26.4 Å². The molecular weight excluding hydrogens is 387 g/mol. The third-order valence-corrected chi connectivity index (χ3v) is 7.40. The summed E-state index contributed by atoms with van der Waals surface area (Å²) in [6.45, 7) is 7.53. The molecule has 1 fully saturated rings. The van der Waals surface area contributed by atoms with Crippen molar-refractivity contribution in [1.82, 2.24) is 4.98 Å². The molecule has 1 aliphatic rings. The number of halogens is 1. The number of sulfone groups is 1. The molecule has 0 saturated carbocycles. The van der Waals surface area contributed by atoms with Crippen molar-refractivity contribution < 1.29 is 12.8 Å². The van der Waals surface area contributed by atoms with Gasteiger partial charge in [0.2, 0.25) is 9.84 Å². The maximum absolute atomic E-state index is 13.8. The summed E-state index contributed by atoms with van der Waals surface area (Å²) < 4.78 is 41.1. The highest BCUT2D eigenvalue weighted by atomic mass is 32.2. The number of rotatable bonds is 3. The Morgan fingerprint density at radius 3 is 2.34 bits per heavy atom. The summed E-state index contributed by atoms with van der Waals surface area (Å²) in [5.41, 5.74) is 2.90. The lowest BCUT2D eigenvalue weighted by Gasteiger charge is -2.34. The second-order valence-electron chi connectivity index (χ2n) is 8.13. The van der Waals surface area contributed by atoms with Gasteiger partial charge < -0.3 is 4.90 Å². The van der Waals surface area contributed by atoms with Crippen LogP contribution in [0.4, 0.5) is 10.1 Å². The molecule has 4 rings (SSSR count). The fourth-order valence-corrected chi connectivity index (χ4v) is 5.73. The molecule has 0 bridgehead atoms. The van der Waals surface area contributed by atoms with Gasteiger partial charge in [0.05, 0.1) is 16.1 Å². The number of piperidine rings is 1. The standard InChI is InChI=1S/C23H25FN2O2S/c1-15-6-8-26(9-7-15)23-20-5-4-18(24)13-21(20)25-14-22(23)29(27,28)19-11-16(2)10-17(3)12-19/h4-5,10-15H,6-9H2,1-3H3. The van der Waals surface area contributed by atoms with Crippen molar-refractivity contribution in [3.63, 3.8) is 0 Å². The zero-order valence-electron chi connectivity index (χ0n) is 16.9.